The standard InChI is InChI=1S/C18H18FN3O/c1-12-10-13(7-8-20-12)18-15-6-5-14(19)11-16(15)22(21-18)17-4-2-3-9-23-17/h5-8,10-11,17H,2-4,9H2,1H3. The topological polar surface area (TPSA) is 39.9 Å². The molecule has 0 bridgehead atoms. The molecule has 0 N–H and O–H groups in total. The molecule has 3 aromatic rings. The molecule has 0 amide bonds. The predicted octanol–water partition coefficient (Wildman–Crippen LogP) is 4.24. The minimum Gasteiger partial charge on any atom is -0.356 e. The molecule has 1 unspecified atom stereocenters. The third-order valence-electron chi connectivity index (χ3n) is 4.27. The molecule has 118 valence electrons. The Kier molecular flexibility index (Phi) is 3.58. The number of fused-ring (bicyclic) bond motifs is 1. The van der Waals surface area contributed by atoms with Crippen molar-refractivity contribution in [3.05, 3.63) is 48.0 Å². The summed E-state index contributed by atoms with van der Waals surface area (Å²) < 4.78 is 21.5. The van der Waals surface area contributed by atoms with Gasteiger partial charge in [0.15, 0.2) is 6.23 Å². The molecular formula is C18H18FN3O. The second-order valence-corrected chi connectivity index (χ2v) is 5.96. The number of nitrogens with zero attached hydrogens (tertiary/aromatic N) is 3. The highest BCUT2D eigenvalue weighted by Crippen LogP contribution is 2.33. The van der Waals surface area contributed by atoms with Crippen LogP contribution in [0.25, 0.3) is 22.2 Å². The summed E-state index contributed by atoms with van der Waals surface area (Å²) in [6.07, 6.45) is 4.73. The van der Waals surface area contributed by atoms with Crippen molar-refractivity contribution in [3.8, 4) is 11.3 Å². The van der Waals surface area contributed by atoms with Crippen LogP contribution in [0.3, 0.4) is 0 Å². The summed E-state index contributed by atoms with van der Waals surface area (Å²) in [6, 6.07) is 8.74. The molecule has 1 atom stereocenters. The summed E-state index contributed by atoms with van der Waals surface area (Å²) >= 11 is 0. The fraction of sp³-hybridized carbons (Fsp3) is 0.333. The molecule has 0 radical (unpaired) electrons. The van der Waals surface area contributed by atoms with Crippen LogP contribution in [0.15, 0.2) is 36.5 Å². The minimum atomic E-state index is -0.257. The van der Waals surface area contributed by atoms with Crippen LogP contribution in [0, 0.1) is 12.7 Å². The zero-order valence-electron chi connectivity index (χ0n) is 13.0. The summed E-state index contributed by atoms with van der Waals surface area (Å²) in [5.41, 5.74) is 3.55. The molecule has 0 saturated carbocycles. The van der Waals surface area contributed by atoms with Crippen LogP contribution in [-0.2, 0) is 4.74 Å². The van der Waals surface area contributed by atoms with E-state index in [1.807, 2.05) is 23.7 Å². The van der Waals surface area contributed by atoms with E-state index in [-0.39, 0.29) is 12.0 Å². The zero-order valence-corrected chi connectivity index (χ0v) is 13.0. The Hall–Kier alpha value is -2.27. The van der Waals surface area contributed by atoms with Crippen LogP contribution < -0.4 is 0 Å². The number of aryl methyl sites for hydroxylation is 1. The van der Waals surface area contributed by atoms with Gasteiger partial charge in [-0.25, -0.2) is 9.07 Å². The first-order chi connectivity index (χ1) is 11.2. The van der Waals surface area contributed by atoms with E-state index in [0.717, 1.165) is 53.7 Å². The highest BCUT2D eigenvalue weighted by atomic mass is 19.1. The molecule has 1 aliphatic heterocycles. The van der Waals surface area contributed by atoms with Crippen molar-refractivity contribution in [1.29, 1.82) is 0 Å². The van der Waals surface area contributed by atoms with Crippen LogP contribution in [-0.4, -0.2) is 21.4 Å². The lowest BCUT2D eigenvalue weighted by Gasteiger charge is -2.23. The summed E-state index contributed by atoms with van der Waals surface area (Å²) in [4.78, 5) is 4.24. The van der Waals surface area contributed by atoms with Gasteiger partial charge in [-0.05, 0) is 56.5 Å². The number of halogens is 1. The number of aromatic nitrogens is 3. The summed E-state index contributed by atoms with van der Waals surface area (Å²) in [7, 11) is 0. The first kappa shape index (κ1) is 14.3. The Morgan fingerprint density at radius 1 is 1.22 bits per heavy atom. The van der Waals surface area contributed by atoms with Gasteiger partial charge in [0.05, 0.1) is 5.52 Å². The number of hydrogen-bond donors (Lipinski definition) is 0. The largest absolute Gasteiger partial charge is 0.356 e. The average molecular weight is 311 g/mol. The van der Waals surface area contributed by atoms with Crippen molar-refractivity contribution in [1.82, 2.24) is 14.8 Å². The van der Waals surface area contributed by atoms with Gasteiger partial charge in [-0.3, -0.25) is 4.98 Å². The smallest absolute Gasteiger partial charge is 0.150 e. The molecule has 5 heteroatoms. The Balaban J connectivity index is 1.91. The quantitative estimate of drug-likeness (QED) is 0.710. The highest BCUT2D eigenvalue weighted by Gasteiger charge is 2.22. The van der Waals surface area contributed by atoms with Gasteiger partial charge in [0.25, 0.3) is 0 Å². The molecule has 2 aromatic heterocycles. The van der Waals surface area contributed by atoms with E-state index in [0.29, 0.717) is 0 Å². The molecule has 3 heterocycles. The van der Waals surface area contributed by atoms with Crippen LogP contribution in [0.2, 0.25) is 0 Å². The number of pyridine rings is 1. The van der Waals surface area contributed by atoms with Crippen LogP contribution >= 0.6 is 0 Å². The predicted molar refractivity (Wildman–Crippen MR) is 86.5 cm³/mol. The molecule has 1 aliphatic rings. The lowest BCUT2D eigenvalue weighted by molar-refractivity contribution is -0.0365. The lowest BCUT2D eigenvalue weighted by atomic mass is 10.1. The number of ether oxygens (including phenoxy) is 1. The van der Waals surface area contributed by atoms with Gasteiger partial charge in [0.2, 0.25) is 0 Å². The van der Waals surface area contributed by atoms with Crippen LogP contribution in [0.1, 0.15) is 31.2 Å². The molecule has 0 spiro atoms. The van der Waals surface area contributed by atoms with Crippen molar-refractivity contribution >= 4 is 10.9 Å². The number of hydrogen-bond acceptors (Lipinski definition) is 3. The van der Waals surface area contributed by atoms with Crippen molar-refractivity contribution in [2.24, 2.45) is 0 Å². The fourth-order valence-electron chi connectivity index (χ4n) is 3.15. The van der Waals surface area contributed by atoms with E-state index < -0.39 is 0 Å². The van der Waals surface area contributed by atoms with Crippen molar-refractivity contribution in [2.75, 3.05) is 6.61 Å². The van der Waals surface area contributed by atoms with E-state index in [4.69, 9.17) is 9.84 Å². The van der Waals surface area contributed by atoms with Crippen LogP contribution in [0.4, 0.5) is 4.39 Å². The van der Waals surface area contributed by atoms with Crippen LogP contribution in [0.5, 0.6) is 0 Å². The summed E-state index contributed by atoms with van der Waals surface area (Å²) in [5, 5.41) is 5.70. The maximum Gasteiger partial charge on any atom is 0.150 e. The Bertz CT molecular complexity index is 853. The molecule has 1 aromatic carbocycles. The van der Waals surface area contributed by atoms with E-state index in [1.54, 1.807) is 12.3 Å². The van der Waals surface area contributed by atoms with Gasteiger partial charge in [-0.15, -0.1) is 0 Å². The van der Waals surface area contributed by atoms with Gasteiger partial charge in [-0.1, -0.05) is 0 Å². The molecule has 1 fully saturated rings. The van der Waals surface area contributed by atoms with Gasteiger partial charge >= 0.3 is 0 Å². The Morgan fingerprint density at radius 2 is 2.13 bits per heavy atom. The van der Waals surface area contributed by atoms with E-state index in [1.165, 1.54) is 12.1 Å². The first-order valence-corrected chi connectivity index (χ1v) is 7.95. The van der Waals surface area contributed by atoms with Gasteiger partial charge in [0.1, 0.15) is 11.5 Å². The summed E-state index contributed by atoms with van der Waals surface area (Å²) in [5.74, 6) is -0.257. The van der Waals surface area contributed by atoms with E-state index in [9.17, 15) is 4.39 Å². The van der Waals surface area contributed by atoms with Crippen molar-refractivity contribution in [3.63, 3.8) is 0 Å². The van der Waals surface area contributed by atoms with Crippen molar-refractivity contribution in [2.45, 2.75) is 32.4 Å². The second-order valence-electron chi connectivity index (χ2n) is 5.96. The Morgan fingerprint density at radius 3 is 2.91 bits per heavy atom. The van der Waals surface area contributed by atoms with E-state index in [2.05, 4.69) is 4.98 Å². The molecule has 23 heavy (non-hydrogen) atoms. The van der Waals surface area contributed by atoms with Gasteiger partial charge in [-0.2, -0.15) is 5.10 Å². The van der Waals surface area contributed by atoms with E-state index >= 15 is 0 Å². The molecule has 4 nitrogen and oxygen atoms in total. The number of rotatable bonds is 2. The monoisotopic (exact) mass is 311 g/mol. The van der Waals surface area contributed by atoms with Gasteiger partial charge in [0, 0.05) is 29.4 Å². The fourth-order valence-corrected chi connectivity index (χ4v) is 3.15. The third kappa shape index (κ3) is 2.61. The molecule has 1 saturated heterocycles. The molecule has 0 aliphatic carbocycles. The van der Waals surface area contributed by atoms with Gasteiger partial charge < -0.3 is 4.74 Å². The molecular weight excluding hydrogens is 293 g/mol. The Labute approximate surface area is 133 Å². The second kappa shape index (κ2) is 5.74. The third-order valence-corrected chi connectivity index (χ3v) is 4.27. The minimum absolute atomic E-state index is 0.121. The normalized spacial score (nSPS) is 18.4. The molecule has 4 rings (SSSR count). The SMILES string of the molecule is Cc1cc(-c2nn(C3CCCCO3)c3cc(F)ccc23)ccn1. The maximum atomic E-state index is 13.8. The average Bonchev–Trinajstić information content (AvgIpc) is 2.94. The summed E-state index contributed by atoms with van der Waals surface area (Å²) in [6.45, 7) is 2.68. The number of benzene rings is 1. The maximum absolute atomic E-state index is 13.8. The highest BCUT2D eigenvalue weighted by molar-refractivity contribution is 5.93. The first-order valence-electron chi connectivity index (χ1n) is 7.95. The zero-order chi connectivity index (χ0) is 15.8. The lowest BCUT2D eigenvalue weighted by Crippen LogP contribution is -2.19. The van der Waals surface area contributed by atoms with Crippen molar-refractivity contribution < 1.29 is 9.13 Å².